The van der Waals surface area contributed by atoms with Crippen molar-refractivity contribution in [3.05, 3.63) is 64.3 Å². The lowest BCUT2D eigenvalue weighted by atomic mass is 9.94. The minimum Gasteiger partial charge on any atom is -0.497 e. The van der Waals surface area contributed by atoms with Crippen LogP contribution in [0.2, 0.25) is 5.02 Å². The number of hydrogen-bond acceptors (Lipinski definition) is 4. The van der Waals surface area contributed by atoms with Crippen LogP contribution in [0.25, 0.3) is 0 Å². The van der Waals surface area contributed by atoms with Crippen molar-refractivity contribution >= 4 is 40.5 Å². The van der Waals surface area contributed by atoms with Crippen LogP contribution in [0.5, 0.6) is 11.5 Å². The van der Waals surface area contributed by atoms with Crippen molar-refractivity contribution in [3.63, 3.8) is 0 Å². The van der Waals surface area contributed by atoms with Gasteiger partial charge in [0.1, 0.15) is 11.5 Å². The number of benzene rings is 2. The van der Waals surface area contributed by atoms with Crippen LogP contribution in [0, 0.1) is 0 Å². The third-order valence-corrected chi connectivity index (χ3v) is 4.93. The Morgan fingerprint density at radius 3 is 2.61 bits per heavy atom. The number of allylic oxidation sites excluding steroid dienone is 1. The van der Waals surface area contributed by atoms with Crippen molar-refractivity contribution in [1.29, 1.82) is 0 Å². The van der Waals surface area contributed by atoms with E-state index in [9.17, 15) is 4.79 Å². The van der Waals surface area contributed by atoms with Crippen molar-refractivity contribution in [1.82, 2.24) is 10.6 Å². The highest BCUT2D eigenvalue weighted by atomic mass is 35.5. The number of para-hydroxylation sites is 1. The lowest BCUT2D eigenvalue weighted by Crippen LogP contribution is -2.45. The van der Waals surface area contributed by atoms with Gasteiger partial charge in [0.2, 0.25) is 0 Å². The SMILES string of the molecule is COc1ccc(OC)c([C@@H]2NC(=S)NC(C)=C2C(=O)Nc2ccccc2Cl)c1. The van der Waals surface area contributed by atoms with Crippen molar-refractivity contribution in [3.8, 4) is 11.5 Å². The zero-order valence-corrected chi connectivity index (χ0v) is 17.2. The molecule has 1 heterocycles. The van der Waals surface area contributed by atoms with E-state index < -0.39 is 6.04 Å². The molecule has 0 bridgehead atoms. The maximum atomic E-state index is 13.2. The van der Waals surface area contributed by atoms with Crippen LogP contribution in [-0.4, -0.2) is 25.2 Å². The lowest BCUT2D eigenvalue weighted by Gasteiger charge is -2.31. The summed E-state index contributed by atoms with van der Waals surface area (Å²) in [6.07, 6.45) is 0. The predicted molar refractivity (Wildman–Crippen MR) is 114 cm³/mol. The zero-order chi connectivity index (χ0) is 20.3. The van der Waals surface area contributed by atoms with E-state index in [2.05, 4.69) is 16.0 Å². The van der Waals surface area contributed by atoms with Gasteiger partial charge >= 0.3 is 0 Å². The van der Waals surface area contributed by atoms with Gasteiger partial charge in [-0.2, -0.15) is 0 Å². The summed E-state index contributed by atoms with van der Waals surface area (Å²) in [4.78, 5) is 13.2. The predicted octanol–water partition coefficient (Wildman–Crippen LogP) is 3.79. The number of anilines is 1. The average Bonchev–Trinajstić information content (AvgIpc) is 2.68. The smallest absolute Gasteiger partial charge is 0.255 e. The molecule has 0 aromatic heterocycles. The molecule has 146 valence electrons. The molecule has 0 aliphatic carbocycles. The first kappa shape index (κ1) is 20.0. The number of amides is 1. The second kappa shape index (κ2) is 8.50. The highest BCUT2D eigenvalue weighted by molar-refractivity contribution is 7.80. The Balaban J connectivity index is 2.04. The molecule has 1 aliphatic heterocycles. The fourth-order valence-corrected chi connectivity index (χ4v) is 3.50. The Hall–Kier alpha value is -2.77. The number of methoxy groups -OCH3 is 2. The molecule has 1 atom stereocenters. The molecule has 6 nitrogen and oxygen atoms in total. The summed E-state index contributed by atoms with van der Waals surface area (Å²) in [6.45, 7) is 1.80. The largest absolute Gasteiger partial charge is 0.497 e. The number of hydrogen-bond donors (Lipinski definition) is 3. The van der Waals surface area contributed by atoms with E-state index >= 15 is 0 Å². The van der Waals surface area contributed by atoms with Crippen LogP contribution < -0.4 is 25.4 Å². The van der Waals surface area contributed by atoms with Gasteiger partial charge in [-0.15, -0.1) is 0 Å². The molecule has 2 aromatic rings. The third-order valence-electron chi connectivity index (χ3n) is 4.38. The van der Waals surface area contributed by atoms with E-state index in [4.69, 9.17) is 33.3 Å². The Labute approximate surface area is 173 Å². The topological polar surface area (TPSA) is 71.6 Å². The van der Waals surface area contributed by atoms with Gasteiger partial charge in [-0.25, -0.2) is 0 Å². The maximum Gasteiger partial charge on any atom is 0.255 e. The number of rotatable bonds is 5. The standard InChI is InChI=1S/C20H20ClN3O3S/c1-11-17(19(25)23-15-7-5-4-6-14(15)21)18(24-20(28)22-11)13-10-12(26-2)8-9-16(13)27-3/h4-10,18H,1-3H3,(H,23,25)(H2,22,24,28)/t18-/m0/s1. The van der Waals surface area contributed by atoms with Crippen molar-refractivity contribution in [2.45, 2.75) is 13.0 Å². The van der Waals surface area contributed by atoms with Gasteiger partial charge in [0.15, 0.2) is 5.11 Å². The number of thiocarbonyl (C=S) groups is 1. The molecule has 1 aliphatic rings. The van der Waals surface area contributed by atoms with Crippen LogP contribution >= 0.6 is 23.8 Å². The molecule has 0 saturated heterocycles. The van der Waals surface area contributed by atoms with Crippen LogP contribution in [0.3, 0.4) is 0 Å². The normalized spacial score (nSPS) is 16.1. The minimum absolute atomic E-state index is 0.303. The molecule has 28 heavy (non-hydrogen) atoms. The summed E-state index contributed by atoms with van der Waals surface area (Å²) in [5.41, 5.74) is 2.37. The number of carbonyl (C=O) groups excluding carboxylic acids is 1. The van der Waals surface area contributed by atoms with Crippen LogP contribution in [0.4, 0.5) is 5.69 Å². The summed E-state index contributed by atoms with van der Waals surface area (Å²) >= 11 is 11.5. The van der Waals surface area contributed by atoms with Crippen LogP contribution in [-0.2, 0) is 4.79 Å². The van der Waals surface area contributed by atoms with Gasteiger partial charge in [0.05, 0.1) is 36.5 Å². The first-order chi connectivity index (χ1) is 13.4. The van der Waals surface area contributed by atoms with E-state index in [1.165, 1.54) is 0 Å². The molecule has 2 aromatic carbocycles. The van der Waals surface area contributed by atoms with Crippen LogP contribution in [0.15, 0.2) is 53.7 Å². The summed E-state index contributed by atoms with van der Waals surface area (Å²) < 4.78 is 10.8. The van der Waals surface area contributed by atoms with Gasteiger partial charge in [-0.05, 0) is 49.5 Å². The highest BCUT2D eigenvalue weighted by Crippen LogP contribution is 2.36. The number of halogens is 1. The number of ether oxygens (including phenoxy) is 2. The van der Waals surface area contributed by atoms with Gasteiger partial charge < -0.3 is 25.4 Å². The van der Waals surface area contributed by atoms with Gasteiger partial charge in [-0.1, -0.05) is 23.7 Å². The summed E-state index contributed by atoms with van der Waals surface area (Å²) in [6, 6.07) is 11.9. The molecule has 0 spiro atoms. The Kier molecular flexibility index (Phi) is 6.06. The fourth-order valence-electron chi connectivity index (χ4n) is 3.05. The first-order valence-corrected chi connectivity index (χ1v) is 9.29. The molecular formula is C20H20ClN3O3S. The van der Waals surface area contributed by atoms with Crippen molar-refractivity contribution in [2.24, 2.45) is 0 Å². The third kappa shape index (κ3) is 4.05. The van der Waals surface area contributed by atoms with Gasteiger partial charge in [0.25, 0.3) is 5.91 Å². The Morgan fingerprint density at radius 1 is 1.18 bits per heavy atom. The fraction of sp³-hybridized carbons (Fsp3) is 0.200. The van der Waals surface area contributed by atoms with E-state index in [1.807, 2.05) is 6.07 Å². The quantitative estimate of drug-likeness (QED) is 0.643. The van der Waals surface area contributed by atoms with Crippen LogP contribution in [0.1, 0.15) is 18.5 Å². The second-order valence-corrected chi connectivity index (χ2v) is 6.93. The van der Waals surface area contributed by atoms with Crippen molar-refractivity contribution < 1.29 is 14.3 Å². The summed E-state index contributed by atoms with van der Waals surface area (Å²) in [5, 5.41) is 9.90. The van der Waals surface area contributed by atoms with E-state index in [-0.39, 0.29) is 5.91 Å². The second-order valence-electron chi connectivity index (χ2n) is 6.11. The van der Waals surface area contributed by atoms with E-state index in [0.717, 1.165) is 5.56 Å². The van der Waals surface area contributed by atoms with E-state index in [1.54, 1.807) is 57.5 Å². The first-order valence-electron chi connectivity index (χ1n) is 8.50. The number of carbonyl (C=O) groups is 1. The molecule has 3 rings (SSSR count). The number of nitrogens with one attached hydrogen (secondary N) is 3. The van der Waals surface area contributed by atoms with E-state index in [0.29, 0.717) is 38.6 Å². The molecule has 0 unspecified atom stereocenters. The minimum atomic E-state index is -0.527. The molecule has 1 amide bonds. The maximum absolute atomic E-state index is 13.2. The molecular weight excluding hydrogens is 398 g/mol. The molecule has 0 saturated carbocycles. The molecule has 8 heteroatoms. The van der Waals surface area contributed by atoms with Gasteiger partial charge in [0, 0.05) is 11.3 Å². The molecule has 0 radical (unpaired) electrons. The lowest BCUT2D eigenvalue weighted by molar-refractivity contribution is -0.113. The van der Waals surface area contributed by atoms with Crippen molar-refractivity contribution in [2.75, 3.05) is 19.5 Å². The monoisotopic (exact) mass is 417 g/mol. The highest BCUT2D eigenvalue weighted by Gasteiger charge is 2.32. The Morgan fingerprint density at radius 2 is 1.93 bits per heavy atom. The zero-order valence-electron chi connectivity index (χ0n) is 15.6. The summed E-state index contributed by atoms with van der Waals surface area (Å²) in [7, 11) is 3.16. The Bertz CT molecular complexity index is 961. The summed E-state index contributed by atoms with van der Waals surface area (Å²) in [5.74, 6) is 0.951. The van der Waals surface area contributed by atoms with Gasteiger partial charge in [-0.3, -0.25) is 4.79 Å². The molecule has 3 N–H and O–H groups in total. The average molecular weight is 418 g/mol. The molecule has 0 fully saturated rings.